The number of allylic oxidation sites excluding steroid dienone is 1. The zero-order valence-corrected chi connectivity index (χ0v) is 12.7. The molecule has 20 heavy (non-hydrogen) atoms. The SMILES string of the molecule is COCCn1nc(C)c(CNC[C@@H]2CCC=CO2)c1C. The lowest BCUT2D eigenvalue weighted by molar-refractivity contribution is 0.122. The van der Waals surface area contributed by atoms with Gasteiger partial charge in [-0.2, -0.15) is 5.10 Å². The molecule has 1 aromatic rings. The van der Waals surface area contributed by atoms with E-state index >= 15 is 0 Å². The third-order valence-electron chi connectivity index (χ3n) is 3.73. The summed E-state index contributed by atoms with van der Waals surface area (Å²) in [6.07, 6.45) is 6.39. The van der Waals surface area contributed by atoms with Gasteiger partial charge in [-0.3, -0.25) is 4.68 Å². The number of methoxy groups -OCH3 is 1. The molecule has 0 saturated carbocycles. The molecule has 0 aromatic carbocycles. The molecule has 0 spiro atoms. The molecule has 1 atom stereocenters. The third kappa shape index (κ3) is 3.84. The Kier molecular flexibility index (Phi) is 5.61. The molecule has 0 amide bonds. The highest BCUT2D eigenvalue weighted by atomic mass is 16.5. The highest BCUT2D eigenvalue weighted by molar-refractivity contribution is 5.24. The lowest BCUT2D eigenvalue weighted by Gasteiger charge is -2.19. The zero-order valence-electron chi connectivity index (χ0n) is 12.7. The summed E-state index contributed by atoms with van der Waals surface area (Å²) in [5.41, 5.74) is 3.60. The van der Waals surface area contributed by atoms with Crippen LogP contribution in [0.15, 0.2) is 12.3 Å². The van der Waals surface area contributed by atoms with Crippen LogP contribution in [-0.2, 0) is 22.6 Å². The summed E-state index contributed by atoms with van der Waals surface area (Å²) in [4.78, 5) is 0. The van der Waals surface area contributed by atoms with Crippen molar-refractivity contribution in [1.29, 1.82) is 0 Å². The molecule has 0 radical (unpaired) electrons. The standard InChI is InChI=1S/C15H25N3O2/c1-12-15(13(2)18(17-12)7-9-19-3)11-16-10-14-6-4-5-8-20-14/h5,8,14,16H,4,6-7,9-11H2,1-3H3/t14-/m0/s1. The van der Waals surface area contributed by atoms with Crippen LogP contribution in [0, 0.1) is 13.8 Å². The number of ether oxygens (including phenoxy) is 2. The van der Waals surface area contributed by atoms with Gasteiger partial charge in [-0.05, 0) is 32.8 Å². The van der Waals surface area contributed by atoms with Gasteiger partial charge in [-0.1, -0.05) is 0 Å². The number of nitrogens with zero attached hydrogens (tertiary/aromatic N) is 2. The van der Waals surface area contributed by atoms with Crippen LogP contribution in [0.2, 0.25) is 0 Å². The van der Waals surface area contributed by atoms with Gasteiger partial charge in [0.15, 0.2) is 0 Å². The van der Waals surface area contributed by atoms with E-state index in [0.717, 1.165) is 38.2 Å². The first-order valence-electron chi connectivity index (χ1n) is 7.25. The zero-order chi connectivity index (χ0) is 14.4. The van der Waals surface area contributed by atoms with Gasteiger partial charge in [0.2, 0.25) is 0 Å². The van der Waals surface area contributed by atoms with Crippen molar-refractivity contribution in [1.82, 2.24) is 15.1 Å². The Hall–Kier alpha value is -1.33. The van der Waals surface area contributed by atoms with Crippen LogP contribution in [0.1, 0.15) is 29.8 Å². The molecule has 0 fully saturated rings. The highest BCUT2D eigenvalue weighted by Crippen LogP contribution is 2.14. The van der Waals surface area contributed by atoms with E-state index < -0.39 is 0 Å². The average molecular weight is 279 g/mol. The predicted molar refractivity (Wildman–Crippen MR) is 78.5 cm³/mol. The first-order chi connectivity index (χ1) is 9.72. The monoisotopic (exact) mass is 279 g/mol. The fraction of sp³-hybridized carbons (Fsp3) is 0.667. The van der Waals surface area contributed by atoms with Crippen molar-refractivity contribution in [3.8, 4) is 0 Å². The van der Waals surface area contributed by atoms with E-state index in [-0.39, 0.29) is 0 Å². The normalized spacial score (nSPS) is 18.2. The van der Waals surface area contributed by atoms with E-state index in [9.17, 15) is 0 Å². The Labute approximate surface area is 120 Å². The van der Waals surface area contributed by atoms with Crippen LogP contribution in [0.3, 0.4) is 0 Å². The van der Waals surface area contributed by atoms with Crippen molar-refractivity contribution >= 4 is 0 Å². The molecule has 2 rings (SSSR count). The summed E-state index contributed by atoms with van der Waals surface area (Å²) >= 11 is 0. The van der Waals surface area contributed by atoms with Gasteiger partial charge in [0.25, 0.3) is 0 Å². The molecule has 112 valence electrons. The molecule has 1 aromatic heterocycles. The minimum atomic E-state index is 0.296. The Morgan fingerprint density at radius 1 is 1.50 bits per heavy atom. The van der Waals surface area contributed by atoms with Crippen LogP contribution in [0.25, 0.3) is 0 Å². The molecule has 2 heterocycles. The second-order valence-corrected chi connectivity index (χ2v) is 5.20. The van der Waals surface area contributed by atoms with Gasteiger partial charge >= 0.3 is 0 Å². The van der Waals surface area contributed by atoms with Gasteiger partial charge in [0, 0.05) is 31.5 Å². The molecular weight excluding hydrogens is 254 g/mol. The Morgan fingerprint density at radius 3 is 3.05 bits per heavy atom. The molecule has 0 aliphatic carbocycles. The lowest BCUT2D eigenvalue weighted by Crippen LogP contribution is -2.29. The Morgan fingerprint density at radius 2 is 2.35 bits per heavy atom. The van der Waals surface area contributed by atoms with Crippen LogP contribution < -0.4 is 5.32 Å². The first-order valence-corrected chi connectivity index (χ1v) is 7.25. The molecule has 5 nitrogen and oxygen atoms in total. The van der Waals surface area contributed by atoms with Gasteiger partial charge in [-0.25, -0.2) is 0 Å². The van der Waals surface area contributed by atoms with Crippen LogP contribution in [0.5, 0.6) is 0 Å². The number of hydrogen-bond acceptors (Lipinski definition) is 4. The van der Waals surface area contributed by atoms with Gasteiger partial charge in [0.1, 0.15) is 6.10 Å². The number of hydrogen-bond donors (Lipinski definition) is 1. The Balaban J connectivity index is 1.85. The maximum atomic E-state index is 5.55. The second kappa shape index (κ2) is 7.45. The molecule has 0 unspecified atom stereocenters. The maximum Gasteiger partial charge on any atom is 0.110 e. The van der Waals surface area contributed by atoms with E-state index in [2.05, 4.69) is 30.3 Å². The summed E-state index contributed by atoms with van der Waals surface area (Å²) in [6.45, 7) is 7.40. The summed E-state index contributed by atoms with van der Waals surface area (Å²) in [7, 11) is 1.72. The largest absolute Gasteiger partial charge is 0.497 e. The van der Waals surface area contributed by atoms with Crippen molar-refractivity contribution in [2.45, 2.75) is 45.9 Å². The minimum Gasteiger partial charge on any atom is -0.497 e. The van der Waals surface area contributed by atoms with Crippen molar-refractivity contribution in [3.63, 3.8) is 0 Å². The fourth-order valence-electron chi connectivity index (χ4n) is 2.48. The molecule has 0 saturated heterocycles. The van der Waals surface area contributed by atoms with Crippen molar-refractivity contribution in [2.24, 2.45) is 0 Å². The Bertz CT molecular complexity index is 454. The van der Waals surface area contributed by atoms with Crippen molar-refractivity contribution in [2.75, 3.05) is 20.3 Å². The van der Waals surface area contributed by atoms with E-state index in [1.807, 2.05) is 10.9 Å². The predicted octanol–water partition coefficient (Wildman–Crippen LogP) is 1.93. The van der Waals surface area contributed by atoms with Gasteiger partial charge in [-0.15, -0.1) is 0 Å². The number of aromatic nitrogens is 2. The van der Waals surface area contributed by atoms with Gasteiger partial charge in [0.05, 0.1) is 25.1 Å². The minimum absolute atomic E-state index is 0.296. The topological polar surface area (TPSA) is 48.3 Å². The van der Waals surface area contributed by atoms with Crippen LogP contribution in [0.4, 0.5) is 0 Å². The molecule has 0 bridgehead atoms. The fourth-order valence-corrected chi connectivity index (χ4v) is 2.48. The molecular formula is C15H25N3O2. The highest BCUT2D eigenvalue weighted by Gasteiger charge is 2.13. The summed E-state index contributed by atoms with van der Waals surface area (Å²) in [5.74, 6) is 0. The van der Waals surface area contributed by atoms with Crippen molar-refractivity contribution in [3.05, 3.63) is 29.3 Å². The molecule has 1 N–H and O–H groups in total. The van der Waals surface area contributed by atoms with E-state index in [0.29, 0.717) is 12.7 Å². The number of aryl methyl sites for hydroxylation is 1. The number of rotatable bonds is 7. The van der Waals surface area contributed by atoms with E-state index in [4.69, 9.17) is 9.47 Å². The second-order valence-electron chi connectivity index (χ2n) is 5.20. The lowest BCUT2D eigenvalue weighted by atomic mass is 10.1. The molecule has 1 aliphatic heterocycles. The van der Waals surface area contributed by atoms with Crippen molar-refractivity contribution < 1.29 is 9.47 Å². The first kappa shape index (κ1) is 15.1. The van der Waals surface area contributed by atoms with Crippen LogP contribution >= 0.6 is 0 Å². The van der Waals surface area contributed by atoms with E-state index in [1.54, 1.807) is 7.11 Å². The quantitative estimate of drug-likeness (QED) is 0.828. The maximum absolute atomic E-state index is 5.55. The number of nitrogens with one attached hydrogen (secondary N) is 1. The average Bonchev–Trinajstić information content (AvgIpc) is 2.73. The molecule has 5 heteroatoms. The summed E-state index contributed by atoms with van der Waals surface area (Å²) < 4.78 is 12.7. The third-order valence-corrected chi connectivity index (χ3v) is 3.73. The molecule has 1 aliphatic rings. The van der Waals surface area contributed by atoms with Crippen LogP contribution in [-0.4, -0.2) is 36.1 Å². The van der Waals surface area contributed by atoms with Gasteiger partial charge < -0.3 is 14.8 Å². The smallest absolute Gasteiger partial charge is 0.110 e. The van der Waals surface area contributed by atoms with E-state index in [1.165, 1.54) is 11.3 Å². The summed E-state index contributed by atoms with van der Waals surface area (Å²) in [6, 6.07) is 0. The summed E-state index contributed by atoms with van der Waals surface area (Å²) in [5, 5.41) is 8.05.